The first-order valence-corrected chi connectivity index (χ1v) is 7.25. The van der Waals surface area contributed by atoms with E-state index in [1.807, 2.05) is 6.92 Å². The highest BCUT2D eigenvalue weighted by Crippen LogP contribution is 2.22. The number of nitrogens with zero attached hydrogens (tertiary/aromatic N) is 2. The van der Waals surface area contributed by atoms with Gasteiger partial charge in [-0.05, 0) is 46.6 Å². The van der Waals surface area contributed by atoms with Crippen molar-refractivity contribution < 1.29 is 9.59 Å². The van der Waals surface area contributed by atoms with Crippen molar-refractivity contribution >= 4 is 11.8 Å². The molecule has 0 bridgehead atoms. The van der Waals surface area contributed by atoms with E-state index in [0.29, 0.717) is 18.5 Å². The van der Waals surface area contributed by atoms with E-state index in [0.717, 1.165) is 19.5 Å². The molecule has 0 spiro atoms. The van der Waals surface area contributed by atoms with Gasteiger partial charge >= 0.3 is 0 Å². The smallest absolute Gasteiger partial charge is 0.245 e. The molecule has 5 heteroatoms. The van der Waals surface area contributed by atoms with Gasteiger partial charge in [-0.25, -0.2) is 0 Å². The molecule has 0 aromatic rings. The first-order valence-electron chi connectivity index (χ1n) is 7.25. The predicted octanol–water partition coefficient (Wildman–Crippen LogP) is 0.452. The summed E-state index contributed by atoms with van der Waals surface area (Å²) in [6.07, 6.45) is 1.12. The summed E-state index contributed by atoms with van der Waals surface area (Å²) in [7, 11) is 0. The maximum atomic E-state index is 12.2. The molecule has 2 heterocycles. The van der Waals surface area contributed by atoms with Gasteiger partial charge in [-0.2, -0.15) is 0 Å². The molecule has 0 aromatic heterocycles. The summed E-state index contributed by atoms with van der Waals surface area (Å²) < 4.78 is 0. The average Bonchev–Trinajstić information content (AvgIpc) is 2.81. The topological polar surface area (TPSA) is 52.7 Å². The van der Waals surface area contributed by atoms with Gasteiger partial charge in [0.25, 0.3) is 0 Å². The van der Waals surface area contributed by atoms with E-state index in [9.17, 15) is 9.59 Å². The van der Waals surface area contributed by atoms with Gasteiger partial charge in [0.2, 0.25) is 11.8 Å². The summed E-state index contributed by atoms with van der Waals surface area (Å²) in [5.41, 5.74) is 0. The number of hydrogen-bond acceptors (Lipinski definition) is 3. The van der Waals surface area contributed by atoms with Crippen LogP contribution in [0.4, 0.5) is 0 Å². The SMILES string of the molecule is CC1NC(=O)C(C)N(CC2CCN(C(C)C)C2)C1=O. The van der Waals surface area contributed by atoms with Crippen molar-refractivity contribution in [3.05, 3.63) is 0 Å². The molecule has 2 rings (SSSR count). The lowest BCUT2D eigenvalue weighted by Gasteiger charge is -2.37. The molecule has 3 atom stereocenters. The van der Waals surface area contributed by atoms with Gasteiger partial charge < -0.3 is 15.1 Å². The molecular weight excluding hydrogens is 242 g/mol. The fourth-order valence-electron chi connectivity index (χ4n) is 2.98. The Labute approximate surface area is 115 Å². The summed E-state index contributed by atoms with van der Waals surface area (Å²) in [4.78, 5) is 28.2. The van der Waals surface area contributed by atoms with Crippen molar-refractivity contribution in [2.75, 3.05) is 19.6 Å². The number of rotatable bonds is 3. The maximum absolute atomic E-state index is 12.2. The Hall–Kier alpha value is -1.10. The summed E-state index contributed by atoms with van der Waals surface area (Å²) in [6, 6.07) is -0.162. The highest BCUT2D eigenvalue weighted by Gasteiger charge is 2.37. The molecule has 2 amide bonds. The zero-order valence-corrected chi connectivity index (χ0v) is 12.3. The third kappa shape index (κ3) is 2.91. The fourth-order valence-corrected chi connectivity index (χ4v) is 2.98. The van der Waals surface area contributed by atoms with Gasteiger partial charge in [0.15, 0.2) is 0 Å². The van der Waals surface area contributed by atoms with Crippen LogP contribution in [0.3, 0.4) is 0 Å². The minimum absolute atomic E-state index is 0.0363. The molecule has 1 N–H and O–H groups in total. The van der Waals surface area contributed by atoms with E-state index in [1.165, 1.54) is 0 Å². The molecule has 0 aliphatic carbocycles. The number of nitrogens with one attached hydrogen (secondary N) is 1. The van der Waals surface area contributed by atoms with Crippen molar-refractivity contribution in [1.29, 1.82) is 0 Å². The average molecular weight is 267 g/mol. The number of amides is 2. The molecular formula is C14H25N3O2. The Morgan fingerprint density at radius 1 is 1.32 bits per heavy atom. The third-order valence-corrected chi connectivity index (χ3v) is 4.36. The predicted molar refractivity (Wildman–Crippen MR) is 73.6 cm³/mol. The second kappa shape index (κ2) is 5.49. The van der Waals surface area contributed by atoms with Crippen LogP contribution >= 0.6 is 0 Å². The van der Waals surface area contributed by atoms with E-state index >= 15 is 0 Å². The first kappa shape index (κ1) is 14.3. The molecule has 108 valence electrons. The summed E-state index contributed by atoms with van der Waals surface area (Å²) in [5.74, 6) is 0.507. The van der Waals surface area contributed by atoms with Crippen molar-refractivity contribution in [3.63, 3.8) is 0 Å². The highest BCUT2D eigenvalue weighted by molar-refractivity contribution is 5.96. The molecule has 0 aromatic carbocycles. The molecule has 0 radical (unpaired) electrons. The van der Waals surface area contributed by atoms with Crippen LogP contribution in [0.5, 0.6) is 0 Å². The van der Waals surface area contributed by atoms with Gasteiger partial charge in [0.1, 0.15) is 12.1 Å². The van der Waals surface area contributed by atoms with E-state index in [1.54, 1.807) is 11.8 Å². The molecule has 2 aliphatic heterocycles. The number of piperazine rings is 1. The van der Waals surface area contributed by atoms with Crippen LogP contribution in [0.25, 0.3) is 0 Å². The van der Waals surface area contributed by atoms with Gasteiger partial charge in [-0.3, -0.25) is 9.59 Å². The van der Waals surface area contributed by atoms with Gasteiger partial charge in [-0.1, -0.05) is 0 Å². The van der Waals surface area contributed by atoms with Gasteiger partial charge in [-0.15, -0.1) is 0 Å². The minimum atomic E-state index is -0.383. The van der Waals surface area contributed by atoms with Crippen LogP contribution in [0, 0.1) is 5.92 Å². The quantitative estimate of drug-likeness (QED) is 0.808. The standard InChI is InChI=1S/C14H25N3O2/c1-9(2)16-6-5-12(7-16)8-17-11(4)13(18)15-10(3)14(17)19/h9-12H,5-8H2,1-4H3,(H,15,18). The van der Waals surface area contributed by atoms with E-state index in [2.05, 4.69) is 24.1 Å². The summed E-state index contributed by atoms with van der Waals surface area (Å²) >= 11 is 0. The Bertz CT molecular complexity index is 370. The molecule has 0 saturated carbocycles. The van der Waals surface area contributed by atoms with Crippen LogP contribution in [-0.2, 0) is 9.59 Å². The normalized spacial score (nSPS) is 33.1. The highest BCUT2D eigenvalue weighted by atomic mass is 16.2. The molecule has 2 saturated heterocycles. The zero-order valence-electron chi connectivity index (χ0n) is 12.3. The Kier molecular flexibility index (Phi) is 4.13. The number of carbonyl (C=O) groups is 2. The molecule has 2 fully saturated rings. The molecule has 2 aliphatic rings. The largest absolute Gasteiger partial charge is 0.343 e. The Balaban J connectivity index is 1.98. The minimum Gasteiger partial charge on any atom is -0.343 e. The van der Waals surface area contributed by atoms with Crippen molar-refractivity contribution in [3.8, 4) is 0 Å². The summed E-state index contributed by atoms with van der Waals surface area (Å²) in [5, 5.41) is 2.72. The lowest BCUT2D eigenvalue weighted by atomic mass is 10.0. The number of hydrogen-bond donors (Lipinski definition) is 1. The first-order chi connectivity index (χ1) is 8.90. The lowest BCUT2D eigenvalue weighted by molar-refractivity contribution is -0.148. The summed E-state index contributed by atoms with van der Waals surface area (Å²) in [6.45, 7) is 10.8. The van der Waals surface area contributed by atoms with Crippen LogP contribution in [0.1, 0.15) is 34.1 Å². The number of likely N-dealkylation sites (tertiary alicyclic amines) is 1. The Morgan fingerprint density at radius 2 is 2.00 bits per heavy atom. The monoisotopic (exact) mass is 267 g/mol. The van der Waals surface area contributed by atoms with Gasteiger partial charge in [0.05, 0.1) is 0 Å². The van der Waals surface area contributed by atoms with Crippen LogP contribution in [0.15, 0.2) is 0 Å². The van der Waals surface area contributed by atoms with E-state index < -0.39 is 0 Å². The molecule has 5 nitrogen and oxygen atoms in total. The van der Waals surface area contributed by atoms with Crippen molar-refractivity contribution in [2.45, 2.75) is 52.2 Å². The second-order valence-corrected chi connectivity index (χ2v) is 6.14. The maximum Gasteiger partial charge on any atom is 0.245 e. The van der Waals surface area contributed by atoms with Gasteiger partial charge in [0, 0.05) is 19.1 Å². The fraction of sp³-hybridized carbons (Fsp3) is 0.857. The lowest BCUT2D eigenvalue weighted by Crippen LogP contribution is -2.62. The second-order valence-electron chi connectivity index (χ2n) is 6.14. The van der Waals surface area contributed by atoms with Crippen molar-refractivity contribution in [1.82, 2.24) is 15.1 Å². The van der Waals surface area contributed by atoms with Crippen LogP contribution < -0.4 is 5.32 Å². The van der Waals surface area contributed by atoms with Crippen LogP contribution in [0.2, 0.25) is 0 Å². The zero-order chi connectivity index (χ0) is 14.2. The van der Waals surface area contributed by atoms with E-state index in [-0.39, 0.29) is 23.9 Å². The molecule has 3 unspecified atom stereocenters. The van der Waals surface area contributed by atoms with E-state index in [4.69, 9.17) is 0 Å². The van der Waals surface area contributed by atoms with Crippen LogP contribution in [-0.4, -0.2) is 59.4 Å². The molecule has 19 heavy (non-hydrogen) atoms. The Morgan fingerprint density at radius 3 is 2.58 bits per heavy atom. The number of carbonyl (C=O) groups excluding carboxylic acids is 2. The third-order valence-electron chi connectivity index (χ3n) is 4.36. The van der Waals surface area contributed by atoms with Crippen molar-refractivity contribution in [2.24, 2.45) is 5.92 Å².